The van der Waals surface area contributed by atoms with Crippen LogP contribution in [0.4, 0.5) is 4.79 Å². The number of hydrogen-bond acceptors (Lipinski definition) is 4. The number of carbonyl (C=O) groups is 3. The van der Waals surface area contributed by atoms with Crippen molar-refractivity contribution >= 4 is 18.0 Å². The predicted molar refractivity (Wildman–Crippen MR) is 133 cm³/mol. The maximum atomic E-state index is 12.5. The number of nitrogens with one attached hydrogen (secondary N) is 2. The van der Waals surface area contributed by atoms with Crippen LogP contribution in [0.25, 0.3) is 11.1 Å². The molecule has 2 amide bonds. The molecule has 0 radical (unpaired) electrons. The lowest BCUT2D eigenvalue weighted by atomic mass is 9.79. The van der Waals surface area contributed by atoms with Gasteiger partial charge in [0, 0.05) is 24.9 Å². The van der Waals surface area contributed by atoms with E-state index in [0.29, 0.717) is 25.9 Å². The van der Waals surface area contributed by atoms with Crippen LogP contribution in [0.5, 0.6) is 0 Å². The monoisotopic (exact) mass is 478 g/mol. The molecule has 4 rings (SSSR count). The van der Waals surface area contributed by atoms with Crippen molar-refractivity contribution in [3.8, 4) is 11.1 Å². The lowest BCUT2D eigenvalue weighted by Crippen LogP contribution is -2.39. The van der Waals surface area contributed by atoms with Gasteiger partial charge in [-0.25, -0.2) is 4.79 Å². The molecule has 2 aromatic rings. The van der Waals surface area contributed by atoms with Crippen molar-refractivity contribution < 1.29 is 24.2 Å². The first-order valence-corrected chi connectivity index (χ1v) is 12.5. The number of aliphatic carboxylic acids is 1. The van der Waals surface area contributed by atoms with Crippen molar-refractivity contribution in [3.63, 3.8) is 0 Å². The van der Waals surface area contributed by atoms with E-state index in [1.807, 2.05) is 31.2 Å². The fourth-order valence-electron chi connectivity index (χ4n) is 5.35. The summed E-state index contributed by atoms with van der Waals surface area (Å²) in [6.07, 6.45) is 3.42. The molecule has 0 saturated heterocycles. The minimum absolute atomic E-state index is 0.00673. The van der Waals surface area contributed by atoms with E-state index in [-0.39, 0.29) is 36.2 Å². The number of fused-ring (bicyclic) bond motifs is 3. The quantitative estimate of drug-likeness (QED) is 0.490. The highest BCUT2D eigenvalue weighted by Gasteiger charge is 2.31. The zero-order chi connectivity index (χ0) is 24.8. The summed E-state index contributed by atoms with van der Waals surface area (Å²) in [5.74, 6) is -1.58. The van der Waals surface area contributed by atoms with Crippen LogP contribution in [0.15, 0.2) is 48.5 Å². The molecule has 1 fully saturated rings. The molecule has 0 aromatic heterocycles. The van der Waals surface area contributed by atoms with Crippen molar-refractivity contribution in [2.75, 3.05) is 19.7 Å². The van der Waals surface area contributed by atoms with Gasteiger partial charge in [-0.3, -0.25) is 9.59 Å². The van der Waals surface area contributed by atoms with E-state index in [1.165, 1.54) is 11.1 Å². The third-order valence-electron chi connectivity index (χ3n) is 7.40. The number of carboxylic acid groups (broad SMARTS) is 1. The molecule has 3 N–H and O–H groups in total. The Balaban J connectivity index is 1.19. The van der Waals surface area contributed by atoms with E-state index in [2.05, 4.69) is 34.9 Å². The smallest absolute Gasteiger partial charge is 0.407 e. The number of carboxylic acids is 1. The normalized spacial score (nSPS) is 19.8. The molecule has 3 atom stereocenters. The molecule has 2 aliphatic rings. The molecule has 35 heavy (non-hydrogen) atoms. The standard InChI is InChI=1S/C28H34N2O5/c1-18(26(31)30-16-19-8-2-3-9-20(19)27(32)33)14-15-29-28(34)35-17-25-23-12-6-4-10-21(23)22-11-5-7-13-24(22)25/h4-7,10-13,18-20,25H,2-3,8-9,14-17H2,1H3,(H,29,34)(H,30,31)(H,32,33)/t18?,19-,20-/m1/s1. The summed E-state index contributed by atoms with van der Waals surface area (Å²) in [6, 6.07) is 16.4. The molecule has 186 valence electrons. The van der Waals surface area contributed by atoms with Gasteiger partial charge in [-0.15, -0.1) is 0 Å². The second kappa shape index (κ2) is 11.4. The number of ether oxygens (including phenoxy) is 1. The largest absolute Gasteiger partial charge is 0.481 e. The van der Waals surface area contributed by atoms with E-state index in [1.54, 1.807) is 0 Å². The Labute approximate surface area is 206 Å². The summed E-state index contributed by atoms with van der Waals surface area (Å²) in [6.45, 7) is 2.78. The third-order valence-corrected chi connectivity index (χ3v) is 7.40. The van der Waals surface area contributed by atoms with Gasteiger partial charge in [-0.1, -0.05) is 68.3 Å². The minimum Gasteiger partial charge on any atom is -0.481 e. The molecule has 2 aliphatic carbocycles. The van der Waals surface area contributed by atoms with Crippen LogP contribution in [-0.4, -0.2) is 42.8 Å². The van der Waals surface area contributed by atoms with Crippen LogP contribution < -0.4 is 10.6 Å². The van der Waals surface area contributed by atoms with Crippen molar-refractivity contribution in [2.24, 2.45) is 17.8 Å². The zero-order valence-corrected chi connectivity index (χ0v) is 20.2. The van der Waals surface area contributed by atoms with Gasteiger partial charge in [-0.2, -0.15) is 0 Å². The Morgan fingerprint density at radius 2 is 1.60 bits per heavy atom. The van der Waals surface area contributed by atoms with Gasteiger partial charge < -0.3 is 20.5 Å². The van der Waals surface area contributed by atoms with Crippen LogP contribution in [0.2, 0.25) is 0 Å². The zero-order valence-electron chi connectivity index (χ0n) is 20.2. The minimum atomic E-state index is -0.774. The first-order valence-electron chi connectivity index (χ1n) is 12.5. The molecule has 7 nitrogen and oxygen atoms in total. The average Bonchev–Trinajstić information content (AvgIpc) is 3.19. The van der Waals surface area contributed by atoms with E-state index in [9.17, 15) is 19.5 Å². The molecule has 2 aromatic carbocycles. The fraction of sp³-hybridized carbons (Fsp3) is 0.464. The maximum absolute atomic E-state index is 12.5. The third kappa shape index (κ3) is 5.84. The van der Waals surface area contributed by atoms with Gasteiger partial charge in [0.2, 0.25) is 5.91 Å². The molecule has 1 saturated carbocycles. The lowest BCUT2D eigenvalue weighted by molar-refractivity contribution is -0.145. The van der Waals surface area contributed by atoms with Gasteiger partial charge in [0.05, 0.1) is 5.92 Å². The highest BCUT2D eigenvalue weighted by Crippen LogP contribution is 2.44. The number of benzene rings is 2. The lowest BCUT2D eigenvalue weighted by Gasteiger charge is -2.29. The first kappa shape index (κ1) is 24.8. The Bertz CT molecular complexity index is 1020. The topological polar surface area (TPSA) is 105 Å². The summed E-state index contributed by atoms with van der Waals surface area (Å²) in [7, 11) is 0. The molecule has 0 aliphatic heterocycles. The summed E-state index contributed by atoms with van der Waals surface area (Å²) in [4.78, 5) is 36.2. The maximum Gasteiger partial charge on any atom is 0.407 e. The number of rotatable bonds is 9. The number of alkyl carbamates (subject to hydrolysis) is 1. The molecule has 1 unspecified atom stereocenters. The van der Waals surface area contributed by atoms with E-state index < -0.39 is 12.1 Å². The Morgan fingerprint density at radius 3 is 2.26 bits per heavy atom. The second-order valence-corrected chi connectivity index (χ2v) is 9.68. The van der Waals surface area contributed by atoms with Crippen LogP contribution in [0, 0.1) is 17.8 Å². The van der Waals surface area contributed by atoms with Gasteiger partial charge >= 0.3 is 12.1 Å². The number of carbonyl (C=O) groups excluding carboxylic acids is 2. The Kier molecular flexibility index (Phi) is 8.06. The van der Waals surface area contributed by atoms with Gasteiger partial charge in [0.25, 0.3) is 0 Å². The van der Waals surface area contributed by atoms with Crippen molar-refractivity contribution in [1.29, 1.82) is 0 Å². The number of hydrogen-bond donors (Lipinski definition) is 3. The van der Waals surface area contributed by atoms with Crippen molar-refractivity contribution in [1.82, 2.24) is 10.6 Å². The molecular weight excluding hydrogens is 444 g/mol. The summed E-state index contributed by atoms with van der Waals surface area (Å²) in [5.41, 5.74) is 4.68. The first-order chi connectivity index (χ1) is 17.0. The molecule has 7 heteroatoms. The SMILES string of the molecule is CC(CCNC(=O)OCC1c2ccccc2-c2ccccc21)C(=O)NC[C@H]1CCCC[C@H]1C(=O)O. The molecule has 0 spiro atoms. The van der Waals surface area contributed by atoms with Crippen LogP contribution in [-0.2, 0) is 14.3 Å². The van der Waals surface area contributed by atoms with Crippen LogP contribution >= 0.6 is 0 Å². The Morgan fingerprint density at radius 1 is 0.971 bits per heavy atom. The predicted octanol–water partition coefficient (Wildman–Crippen LogP) is 4.56. The Hall–Kier alpha value is -3.35. The summed E-state index contributed by atoms with van der Waals surface area (Å²) >= 11 is 0. The van der Waals surface area contributed by atoms with E-state index in [4.69, 9.17) is 4.74 Å². The highest BCUT2D eigenvalue weighted by atomic mass is 16.5. The molecule has 0 bridgehead atoms. The average molecular weight is 479 g/mol. The van der Waals surface area contributed by atoms with Gasteiger partial charge in [-0.05, 0) is 47.4 Å². The second-order valence-electron chi connectivity index (χ2n) is 9.68. The summed E-state index contributed by atoms with van der Waals surface area (Å²) < 4.78 is 5.54. The van der Waals surface area contributed by atoms with Crippen LogP contribution in [0.1, 0.15) is 56.1 Å². The van der Waals surface area contributed by atoms with Gasteiger partial charge in [0.15, 0.2) is 0 Å². The van der Waals surface area contributed by atoms with Crippen molar-refractivity contribution in [2.45, 2.75) is 44.9 Å². The highest BCUT2D eigenvalue weighted by molar-refractivity contribution is 5.79. The fourth-order valence-corrected chi connectivity index (χ4v) is 5.35. The molecular formula is C28H34N2O5. The van der Waals surface area contributed by atoms with Crippen LogP contribution in [0.3, 0.4) is 0 Å². The van der Waals surface area contributed by atoms with Gasteiger partial charge in [0.1, 0.15) is 6.61 Å². The van der Waals surface area contributed by atoms with E-state index in [0.717, 1.165) is 30.4 Å². The van der Waals surface area contributed by atoms with Crippen molar-refractivity contribution in [3.05, 3.63) is 59.7 Å². The number of amides is 2. The van der Waals surface area contributed by atoms with E-state index >= 15 is 0 Å². The summed E-state index contributed by atoms with van der Waals surface area (Å²) in [5, 5.41) is 15.1. The molecule has 0 heterocycles.